The highest BCUT2D eigenvalue weighted by atomic mass is 16.5. The summed E-state index contributed by atoms with van der Waals surface area (Å²) in [5, 5.41) is 2.97. The van der Waals surface area contributed by atoms with E-state index in [0.717, 1.165) is 12.8 Å². The highest BCUT2D eigenvalue weighted by molar-refractivity contribution is 5.94. The van der Waals surface area contributed by atoms with Crippen molar-refractivity contribution in [1.82, 2.24) is 4.90 Å². The lowest BCUT2D eigenvalue weighted by Gasteiger charge is -2.34. The van der Waals surface area contributed by atoms with Crippen LogP contribution in [0.3, 0.4) is 0 Å². The van der Waals surface area contributed by atoms with Crippen LogP contribution in [-0.2, 0) is 9.59 Å². The van der Waals surface area contributed by atoms with E-state index in [9.17, 15) is 9.59 Å². The summed E-state index contributed by atoms with van der Waals surface area (Å²) < 4.78 is 10.5. The summed E-state index contributed by atoms with van der Waals surface area (Å²) >= 11 is 0. The third kappa shape index (κ3) is 4.73. The lowest BCUT2D eigenvalue weighted by molar-refractivity contribution is -0.139. The van der Waals surface area contributed by atoms with Crippen molar-refractivity contribution in [1.29, 1.82) is 0 Å². The lowest BCUT2D eigenvalue weighted by atomic mass is 9.87. The van der Waals surface area contributed by atoms with Crippen molar-refractivity contribution in [2.24, 2.45) is 11.8 Å². The second-order valence-corrected chi connectivity index (χ2v) is 7.49. The molecule has 0 aromatic heterocycles. The molecule has 2 fully saturated rings. The second kappa shape index (κ2) is 9.11. The van der Waals surface area contributed by atoms with Gasteiger partial charge in [0.2, 0.25) is 11.8 Å². The van der Waals surface area contributed by atoms with E-state index in [2.05, 4.69) is 5.32 Å². The van der Waals surface area contributed by atoms with E-state index >= 15 is 0 Å². The van der Waals surface area contributed by atoms with Gasteiger partial charge in [-0.3, -0.25) is 9.59 Å². The first-order valence-corrected chi connectivity index (χ1v) is 9.94. The van der Waals surface area contributed by atoms with Crippen LogP contribution < -0.4 is 14.8 Å². The third-order valence-electron chi connectivity index (χ3n) is 5.80. The van der Waals surface area contributed by atoms with Crippen molar-refractivity contribution < 1.29 is 19.1 Å². The molecule has 0 spiro atoms. The third-order valence-corrected chi connectivity index (χ3v) is 5.80. The molecule has 0 radical (unpaired) electrons. The average Bonchev–Trinajstić information content (AvgIpc) is 2.74. The first-order valence-electron chi connectivity index (χ1n) is 9.94. The minimum atomic E-state index is -0.0767. The van der Waals surface area contributed by atoms with Gasteiger partial charge in [0.1, 0.15) is 11.5 Å². The molecule has 2 amide bonds. The highest BCUT2D eigenvalue weighted by Crippen LogP contribution is 2.31. The molecule has 6 heteroatoms. The molecule has 1 aromatic rings. The van der Waals surface area contributed by atoms with Crippen molar-refractivity contribution in [3.8, 4) is 11.5 Å². The van der Waals surface area contributed by atoms with E-state index in [1.54, 1.807) is 32.4 Å². The van der Waals surface area contributed by atoms with Crippen molar-refractivity contribution in [2.75, 3.05) is 32.6 Å². The zero-order chi connectivity index (χ0) is 19.2. The number of anilines is 1. The molecule has 1 heterocycles. The van der Waals surface area contributed by atoms with Gasteiger partial charge in [0, 0.05) is 31.0 Å². The number of hydrogen-bond donors (Lipinski definition) is 1. The minimum absolute atomic E-state index is 0.0109. The monoisotopic (exact) mass is 374 g/mol. The van der Waals surface area contributed by atoms with Gasteiger partial charge in [0.15, 0.2) is 0 Å². The summed E-state index contributed by atoms with van der Waals surface area (Å²) in [7, 11) is 3.16. The van der Waals surface area contributed by atoms with E-state index in [-0.39, 0.29) is 17.7 Å². The first kappa shape index (κ1) is 19.5. The van der Waals surface area contributed by atoms with Gasteiger partial charge in [-0.1, -0.05) is 19.3 Å². The molecule has 1 aliphatic heterocycles. The molecule has 1 N–H and O–H groups in total. The standard InChI is InChI=1S/C21H30N2O4/c1-26-17-8-9-18(19(14-17)27-2)22-20(24)15-10-12-23(13-11-15)21(25)16-6-4-3-5-7-16/h8-9,14-16H,3-7,10-13H2,1-2H3,(H,22,24). The normalized spacial score (nSPS) is 18.8. The largest absolute Gasteiger partial charge is 0.497 e. The Labute approximate surface area is 161 Å². The number of benzene rings is 1. The fraction of sp³-hybridized carbons (Fsp3) is 0.619. The average molecular weight is 374 g/mol. The van der Waals surface area contributed by atoms with Gasteiger partial charge < -0.3 is 19.7 Å². The predicted molar refractivity (Wildman–Crippen MR) is 104 cm³/mol. The number of amides is 2. The predicted octanol–water partition coefficient (Wildman–Crippen LogP) is 3.46. The number of methoxy groups -OCH3 is 2. The summed E-state index contributed by atoms with van der Waals surface area (Å²) in [6.07, 6.45) is 7.05. The number of rotatable bonds is 5. The molecule has 6 nitrogen and oxygen atoms in total. The fourth-order valence-electron chi connectivity index (χ4n) is 4.11. The van der Waals surface area contributed by atoms with Crippen LogP contribution in [0, 0.1) is 11.8 Å². The maximum Gasteiger partial charge on any atom is 0.227 e. The number of likely N-dealkylation sites (tertiary alicyclic amines) is 1. The molecule has 148 valence electrons. The maximum atomic E-state index is 12.7. The van der Waals surface area contributed by atoms with Gasteiger partial charge in [-0.25, -0.2) is 0 Å². The highest BCUT2D eigenvalue weighted by Gasteiger charge is 2.31. The van der Waals surface area contributed by atoms with Crippen LogP contribution >= 0.6 is 0 Å². The Balaban J connectivity index is 1.53. The van der Waals surface area contributed by atoms with Crippen LogP contribution in [0.5, 0.6) is 11.5 Å². The molecular weight excluding hydrogens is 344 g/mol. The quantitative estimate of drug-likeness (QED) is 0.857. The zero-order valence-corrected chi connectivity index (χ0v) is 16.3. The van der Waals surface area contributed by atoms with Crippen molar-refractivity contribution in [3.63, 3.8) is 0 Å². The van der Waals surface area contributed by atoms with Crippen molar-refractivity contribution in [3.05, 3.63) is 18.2 Å². The molecule has 0 bridgehead atoms. The van der Waals surface area contributed by atoms with Crippen LogP contribution in [0.2, 0.25) is 0 Å². The van der Waals surface area contributed by atoms with Gasteiger partial charge in [0.05, 0.1) is 19.9 Å². The smallest absolute Gasteiger partial charge is 0.227 e. The maximum absolute atomic E-state index is 12.7. The van der Waals surface area contributed by atoms with E-state index < -0.39 is 0 Å². The molecule has 1 saturated carbocycles. The van der Waals surface area contributed by atoms with E-state index in [0.29, 0.717) is 49.0 Å². The Morgan fingerprint density at radius 1 is 0.963 bits per heavy atom. The summed E-state index contributed by atoms with van der Waals surface area (Å²) in [5.74, 6) is 1.67. The second-order valence-electron chi connectivity index (χ2n) is 7.49. The van der Waals surface area contributed by atoms with Gasteiger partial charge in [0.25, 0.3) is 0 Å². The molecule has 1 aromatic carbocycles. The van der Waals surface area contributed by atoms with E-state index in [1.807, 2.05) is 4.90 Å². The Hall–Kier alpha value is -2.24. The van der Waals surface area contributed by atoms with Crippen LogP contribution in [-0.4, -0.2) is 44.0 Å². The zero-order valence-electron chi connectivity index (χ0n) is 16.3. The molecule has 3 rings (SSSR count). The van der Waals surface area contributed by atoms with Crippen molar-refractivity contribution in [2.45, 2.75) is 44.9 Å². The van der Waals surface area contributed by atoms with E-state index in [4.69, 9.17) is 9.47 Å². The minimum Gasteiger partial charge on any atom is -0.497 e. The number of nitrogens with zero attached hydrogens (tertiary/aromatic N) is 1. The molecular formula is C21H30N2O4. The van der Waals surface area contributed by atoms with E-state index in [1.165, 1.54) is 19.3 Å². The lowest BCUT2D eigenvalue weighted by Crippen LogP contribution is -2.44. The van der Waals surface area contributed by atoms with Gasteiger partial charge in [-0.05, 0) is 37.8 Å². The summed E-state index contributed by atoms with van der Waals surface area (Å²) in [4.78, 5) is 27.3. The Kier molecular flexibility index (Phi) is 6.58. The molecule has 27 heavy (non-hydrogen) atoms. The first-order chi connectivity index (χ1) is 13.1. The summed E-state index contributed by atoms with van der Waals surface area (Å²) in [6, 6.07) is 5.34. The number of carbonyl (C=O) groups is 2. The number of piperidine rings is 1. The van der Waals surface area contributed by atoms with Crippen LogP contribution in [0.25, 0.3) is 0 Å². The number of hydrogen-bond acceptors (Lipinski definition) is 4. The fourth-order valence-corrected chi connectivity index (χ4v) is 4.11. The SMILES string of the molecule is COc1ccc(NC(=O)C2CCN(C(=O)C3CCCCC3)CC2)c(OC)c1. The van der Waals surface area contributed by atoms with Crippen LogP contribution in [0.15, 0.2) is 18.2 Å². The Morgan fingerprint density at radius 3 is 2.30 bits per heavy atom. The molecule has 1 aliphatic carbocycles. The number of nitrogens with one attached hydrogen (secondary N) is 1. The van der Waals surface area contributed by atoms with Crippen molar-refractivity contribution >= 4 is 17.5 Å². The molecule has 0 atom stereocenters. The van der Waals surface area contributed by atoms with Crippen LogP contribution in [0.4, 0.5) is 5.69 Å². The summed E-state index contributed by atoms with van der Waals surface area (Å²) in [5.41, 5.74) is 0.643. The Bertz CT molecular complexity index is 662. The molecule has 2 aliphatic rings. The number of ether oxygens (including phenoxy) is 2. The molecule has 0 unspecified atom stereocenters. The molecule has 1 saturated heterocycles. The van der Waals surface area contributed by atoms with Gasteiger partial charge in [-0.15, -0.1) is 0 Å². The van der Waals surface area contributed by atoms with Gasteiger partial charge >= 0.3 is 0 Å². The Morgan fingerprint density at radius 2 is 1.67 bits per heavy atom. The topological polar surface area (TPSA) is 67.9 Å². The van der Waals surface area contributed by atoms with Crippen LogP contribution in [0.1, 0.15) is 44.9 Å². The van der Waals surface area contributed by atoms with Gasteiger partial charge in [-0.2, -0.15) is 0 Å². The number of carbonyl (C=O) groups excluding carboxylic acids is 2. The summed E-state index contributed by atoms with van der Waals surface area (Å²) in [6.45, 7) is 1.35.